The second-order valence-corrected chi connectivity index (χ2v) is 7.48. The summed E-state index contributed by atoms with van der Waals surface area (Å²) >= 11 is 7.32. The molecule has 7 heteroatoms. The highest BCUT2D eigenvalue weighted by Gasteiger charge is 2.16. The molecule has 0 saturated heterocycles. The molecule has 0 unspecified atom stereocenters. The van der Waals surface area contributed by atoms with E-state index in [-0.39, 0.29) is 11.9 Å². The monoisotopic (exact) mass is 378 g/mol. The van der Waals surface area contributed by atoms with Gasteiger partial charge >= 0.3 is 0 Å². The molecule has 0 radical (unpaired) electrons. The first kappa shape index (κ1) is 19.5. The molecule has 134 valence electrons. The summed E-state index contributed by atoms with van der Waals surface area (Å²) in [6.07, 6.45) is 1.79. The Balaban J connectivity index is 2.12. The van der Waals surface area contributed by atoms with Crippen molar-refractivity contribution in [2.75, 3.05) is 5.75 Å². The topological polar surface area (TPSA) is 59.8 Å². The number of allylic oxidation sites excluding steroid dienone is 1. The molecule has 0 spiro atoms. The lowest BCUT2D eigenvalue weighted by atomic mass is 10.1. The molecule has 1 heterocycles. The van der Waals surface area contributed by atoms with Gasteiger partial charge in [0.1, 0.15) is 0 Å². The van der Waals surface area contributed by atoms with Crippen LogP contribution in [0, 0.1) is 5.92 Å². The van der Waals surface area contributed by atoms with E-state index in [9.17, 15) is 4.79 Å². The molecular formula is C18H23ClN4OS. The molecule has 2 rings (SSSR count). The van der Waals surface area contributed by atoms with E-state index in [4.69, 9.17) is 11.6 Å². The van der Waals surface area contributed by atoms with Crippen molar-refractivity contribution in [1.82, 2.24) is 20.1 Å². The molecule has 1 aromatic carbocycles. The molecule has 25 heavy (non-hydrogen) atoms. The van der Waals surface area contributed by atoms with Crippen LogP contribution in [0.25, 0.3) is 11.4 Å². The van der Waals surface area contributed by atoms with Crippen molar-refractivity contribution < 1.29 is 4.79 Å². The first-order chi connectivity index (χ1) is 11.9. The van der Waals surface area contributed by atoms with Gasteiger partial charge in [0.15, 0.2) is 11.0 Å². The van der Waals surface area contributed by atoms with E-state index in [0.717, 1.165) is 11.4 Å². The Bertz CT molecular complexity index is 727. The molecule has 1 aromatic heterocycles. The predicted molar refractivity (Wildman–Crippen MR) is 104 cm³/mol. The molecule has 0 aliphatic carbocycles. The van der Waals surface area contributed by atoms with Gasteiger partial charge in [-0.1, -0.05) is 43.3 Å². The van der Waals surface area contributed by atoms with Gasteiger partial charge < -0.3 is 5.32 Å². The summed E-state index contributed by atoms with van der Waals surface area (Å²) < 4.78 is 1.94. The summed E-state index contributed by atoms with van der Waals surface area (Å²) in [5.41, 5.74) is 0.920. The van der Waals surface area contributed by atoms with Crippen LogP contribution in [-0.2, 0) is 11.3 Å². The molecule has 5 nitrogen and oxygen atoms in total. The number of nitrogens with zero attached hydrogens (tertiary/aromatic N) is 3. The number of nitrogens with one attached hydrogen (secondary N) is 1. The lowest BCUT2D eigenvalue weighted by Crippen LogP contribution is -2.37. The van der Waals surface area contributed by atoms with Crippen LogP contribution in [0.3, 0.4) is 0 Å². The number of hydrogen-bond donors (Lipinski definition) is 1. The molecule has 0 aliphatic heterocycles. The number of carbonyl (C=O) groups is 1. The zero-order valence-corrected chi connectivity index (χ0v) is 16.3. The normalized spacial score (nSPS) is 12.2. The predicted octanol–water partition coefficient (Wildman–Crippen LogP) is 4.04. The first-order valence-electron chi connectivity index (χ1n) is 8.14. The Hall–Kier alpha value is -1.79. The second-order valence-electron chi connectivity index (χ2n) is 6.10. The van der Waals surface area contributed by atoms with Crippen LogP contribution in [0.4, 0.5) is 0 Å². The standard InChI is InChI=1S/C18H23ClN4OS/c1-5-10-23-17(14-6-8-15(19)9-7-14)21-22-18(23)25-11-16(24)20-13(4)12(2)3/h5-9,12-13H,1,10-11H2,2-4H3,(H,20,24)/t13-/m0/s1. The average molecular weight is 379 g/mol. The number of rotatable bonds is 8. The summed E-state index contributed by atoms with van der Waals surface area (Å²) in [6.45, 7) is 10.5. The van der Waals surface area contributed by atoms with Crippen LogP contribution >= 0.6 is 23.4 Å². The van der Waals surface area contributed by atoms with Crippen LogP contribution in [0.2, 0.25) is 5.02 Å². The zero-order valence-electron chi connectivity index (χ0n) is 14.7. The summed E-state index contributed by atoms with van der Waals surface area (Å²) in [4.78, 5) is 12.1. The molecule has 2 aromatic rings. The van der Waals surface area contributed by atoms with Crippen LogP contribution < -0.4 is 5.32 Å². The van der Waals surface area contributed by atoms with Gasteiger partial charge in [-0.2, -0.15) is 0 Å². The molecule has 0 saturated carbocycles. The van der Waals surface area contributed by atoms with Gasteiger partial charge in [0.05, 0.1) is 5.75 Å². The minimum atomic E-state index is -0.00704. The van der Waals surface area contributed by atoms with Gasteiger partial charge in [-0.15, -0.1) is 16.8 Å². The molecule has 0 bridgehead atoms. The Kier molecular flexibility index (Phi) is 7.08. The van der Waals surface area contributed by atoms with Crippen molar-refractivity contribution in [2.24, 2.45) is 5.92 Å². The average Bonchev–Trinajstić information content (AvgIpc) is 2.97. The lowest BCUT2D eigenvalue weighted by molar-refractivity contribution is -0.119. The van der Waals surface area contributed by atoms with E-state index in [0.29, 0.717) is 28.4 Å². The van der Waals surface area contributed by atoms with Gasteiger partial charge in [0.25, 0.3) is 0 Å². The highest BCUT2D eigenvalue weighted by Crippen LogP contribution is 2.25. The molecule has 1 N–H and O–H groups in total. The van der Waals surface area contributed by atoms with Crippen molar-refractivity contribution >= 4 is 29.3 Å². The van der Waals surface area contributed by atoms with E-state index in [1.807, 2.05) is 35.8 Å². The summed E-state index contributed by atoms with van der Waals surface area (Å²) in [5, 5.41) is 12.9. The van der Waals surface area contributed by atoms with E-state index in [1.165, 1.54) is 11.8 Å². The minimum absolute atomic E-state index is 0.00704. The fourth-order valence-corrected chi connectivity index (χ4v) is 2.98. The van der Waals surface area contributed by atoms with E-state index in [1.54, 1.807) is 6.08 Å². The molecule has 1 amide bonds. The Morgan fingerprint density at radius 2 is 2.00 bits per heavy atom. The Morgan fingerprint density at radius 3 is 2.60 bits per heavy atom. The fourth-order valence-electron chi connectivity index (χ4n) is 2.09. The van der Waals surface area contributed by atoms with Gasteiger partial charge in [0.2, 0.25) is 5.91 Å². The third-order valence-corrected chi connectivity index (χ3v) is 5.07. The Morgan fingerprint density at radius 1 is 1.32 bits per heavy atom. The molecule has 0 aliphatic rings. The summed E-state index contributed by atoms with van der Waals surface area (Å²) in [5.74, 6) is 1.42. The van der Waals surface area contributed by atoms with Crippen molar-refractivity contribution in [3.63, 3.8) is 0 Å². The fraction of sp³-hybridized carbons (Fsp3) is 0.389. The SMILES string of the molecule is C=CCn1c(SCC(=O)N[C@@H](C)C(C)C)nnc1-c1ccc(Cl)cc1. The number of benzene rings is 1. The van der Waals surface area contributed by atoms with Gasteiger partial charge in [-0.05, 0) is 37.1 Å². The quantitative estimate of drug-likeness (QED) is 0.556. The maximum absolute atomic E-state index is 12.1. The molecule has 1 atom stereocenters. The number of carbonyl (C=O) groups excluding carboxylic acids is 1. The van der Waals surface area contributed by atoms with E-state index in [2.05, 4.69) is 35.9 Å². The van der Waals surface area contributed by atoms with Gasteiger partial charge in [-0.25, -0.2) is 0 Å². The maximum atomic E-state index is 12.1. The lowest BCUT2D eigenvalue weighted by Gasteiger charge is -2.17. The summed E-state index contributed by atoms with van der Waals surface area (Å²) in [7, 11) is 0. The summed E-state index contributed by atoms with van der Waals surface area (Å²) in [6, 6.07) is 7.58. The van der Waals surface area contributed by atoms with Crippen LogP contribution in [-0.4, -0.2) is 32.5 Å². The maximum Gasteiger partial charge on any atom is 0.230 e. The van der Waals surface area contributed by atoms with Crippen molar-refractivity contribution in [3.05, 3.63) is 41.9 Å². The highest BCUT2D eigenvalue weighted by atomic mass is 35.5. The molecule has 0 fully saturated rings. The third kappa shape index (κ3) is 5.34. The number of aromatic nitrogens is 3. The number of halogens is 1. The van der Waals surface area contributed by atoms with E-state index < -0.39 is 0 Å². The van der Waals surface area contributed by atoms with Gasteiger partial charge in [0, 0.05) is 23.2 Å². The smallest absolute Gasteiger partial charge is 0.230 e. The van der Waals surface area contributed by atoms with Crippen molar-refractivity contribution in [1.29, 1.82) is 0 Å². The number of amides is 1. The third-order valence-electron chi connectivity index (χ3n) is 3.85. The largest absolute Gasteiger partial charge is 0.353 e. The van der Waals surface area contributed by atoms with Crippen LogP contribution in [0.15, 0.2) is 42.1 Å². The van der Waals surface area contributed by atoms with Crippen molar-refractivity contribution in [2.45, 2.75) is 38.5 Å². The zero-order chi connectivity index (χ0) is 18.4. The van der Waals surface area contributed by atoms with Gasteiger partial charge in [-0.3, -0.25) is 9.36 Å². The highest BCUT2D eigenvalue weighted by molar-refractivity contribution is 7.99. The van der Waals surface area contributed by atoms with Crippen molar-refractivity contribution in [3.8, 4) is 11.4 Å². The minimum Gasteiger partial charge on any atom is -0.353 e. The number of thioether (sulfide) groups is 1. The van der Waals surface area contributed by atoms with Crippen LogP contribution in [0.1, 0.15) is 20.8 Å². The number of hydrogen-bond acceptors (Lipinski definition) is 4. The van der Waals surface area contributed by atoms with Crippen LogP contribution in [0.5, 0.6) is 0 Å². The first-order valence-corrected chi connectivity index (χ1v) is 9.51. The molecular weight excluding hydrogens is 356 g/mol. The van der Waals surface area contributed by atoms with E-state index >= 15 is 0 Å². The Labute approximate surface area is 157 Å². The second kappa shape index (κ2) is 9.06.